The number of piperidine rings is 1. The molecule has 0 aromatic heterocycles. The molecule has 14 heavy (non-hydrogen) atoms. The lowest BCUT2D eigenvalue weighted by Gasteiger charge is -2.35. The predicted molar refractivity (Wildman–Crippen MR) is 51.8 cm³/mol. The molecule has 1 amide bonds. The molecule has 4 nitrogen and oxygen atoms in total. The van der Waals surface area contributed by atoms with E-state index in [2.05, 4.69) is 13.8 Å². The van der Waals surface area contributed by atoms with Gasteiger partial charge < -0.3 is 10.0 Å². The highest BCUT2D eigenvalue weighted by molar-refractivity contribution is 5.93. The third-order valence-corrected chi connectivity index (χ3v) is 2.99. The van der Waals surface area contributed by atoms with Gasteiger partial charge in [-0.15, -0.1) is 0 Å². The number of hydrogen-bond donors (Lipinski definition) is 1. The molecule has 1 N–H and O–H groups in total. The minimum absolute atomic E-state index is 0.253. The standard InChI is InChI=1S/C10H17NO3/c1-7-3-4-11(6-8(7)2)9(12)5-10(13)14/h7-8H,3-6H2,1-2H3,(H,13,14). The number of nitrogens with zero attached hydrogens (tertiary/aromatic N) is 1. The summed E-state index contributed by atoms with van der Waals surface area (Å²) in [6, 6.07) is 0. The SMILES string of the molecule is CC1CCN(C(=O)CC(=O)O)CC1C. The highest BCUT2D eigenvalue weighted by Gasteiger charge is 2.26. The second-order valence-electron chi connectivity index (χ2n) is 4.15. The average Bonchev–Trinajstić information content (AvgIpc) is 2.08. The minimum Gasteiger partial charge on any atom is -0.481 e. The van der Waals surface area contributed by atoms with Crippen molar-refractivity contribution in [3.8, 4) is 0 Å². The predicted octanol–water partition coefficient (Wildman–Crippen LogP) is 0.966. The lowest BCUT2D eigenvalue weighted by Crippen LogP contribution is -2.42. The molecule has 0 aromatic carbocycles. The van der Waals surface area contributed by atoms with E-state index in [-0.39, 0.29) is 12.3 Å². The molecule has 0 spiro atoms. The van der Waals surface area contributed by atoms with Crippen LogP contribution in [0.3, 0.4) is 0 Å². The van der Waals surface area contributed by atoms with E-state index in [0.29, 0.717) is 24.9 Å². The van der Waals surface area contributed by atoms with Gasteiger partial charge in [0.25, 0.3) is 0 Å². The third kappa shape index (κ3) is 2.72. The largest absolute Gasteiger partial charge is 0.481 e. The Morgan fingerprint density at radius 3 is 2.50 bits per heavy atom. The molecule has 0 bridgehead atoms. The number of likely N-dealkylation sites (tertiary alicyclic amines) is 1. The number of rotatable bonds is 2. The summed E-state index contributed by atoms with van der Waals surface area (Å²) in [5.74, 6) is -0.192. The summed E-state index contributed by atoms with van der Waals surface area (Å²) >= 11 is 0. The molecule has 80 valence electrons. The van der Waals surface area contributed by atoms with Gasteiger partial charge in [0.15, 0.2) is 0 Å². The highest BCUT2D eigenvalue weighted by Crippen LogP contribution is 2.22. The smallest absolute Gasteiger partial charge is 0.312 e. The van der Waals surface area contributed by atoms with Crippen LogP contribution in [0.1, 0.15) is 26.7 Å². The van der Waals surface area contributed by atoms with Gasteiger partial charge in [0.1, 0.15) is 6.42 Å². The van der Waals surface area contributed by atoms with Crippen molar-refractivity contribution in [2.75, 3.05) is 13.1 Å². The minimum atomic E-state index is -1.04. The van der Waals surface area contributed by atoms with Crippen LogP contribution in [0.5, 0.6) is 0 Å². The van der Waals surface area contributed by atoms with Gasteiger partial charge in [0.2, 0.25) is 5.91 Å². The first-order valence-electron chi connectivity index (χ1n) is 5.00. The van der Waals surface area contributed by atoms with E-state index in [4.69, 9.17) is 5.11 Å². The molecule has 1 rings (SSSR count). The Bertz CT molecular complexity index is 240. The van der Waals surface area contributed by atoms with E-state index in [1.54, 1.807) is 4.90 Å². The molecule has 1 aliphatic rings. The van der Waals surface area contributed by atoms with Crippen LogP contribution >= 0.6 is 0 Å². The van der Waals surface area contributed by atoms with Gasteiger partial charge in [-0.25, -0.2) is 0 Å². The number of carbonyl (C=O) groups is 2. The summed E-state index contributed by atoms with van der Waals surface area (Å²) in [7, 11) is 0. The molecule has 1 aliphatic heterocycles. The van der Waals surface area contributed by atoms with E-state index < -0.39 is 5.97 Å². The normalized spacial score (nSPS) is 27.4. The Morgan fingerprint density at radius 1 is 1.36 bits per heavy atom. The van der Waals surface area contributed by atoms with Crippen molar-refractivity contribution < 1.29 is 14.7 Å². The Morgan fingerprint density at radius 2 is 2.00 bits per heavy atom. The van der Waals surface area contributed by atoms with Crippen molar-refractivity contribution in [1.29, 1.82) is 0 Å². The van der Waals surface area contributed by atoms with Crippen LogP contribution in [0.4, 0.5) is 0 Å². The van der Waals surface area contributed by atoms with Crippen LogP contribution in [0.25, 0.3) is 0 Å². The van der Waals surface area contributed by atoms with Gasteiger partial charge >= 0.3 is 5.97 Å². The molecule has 4 heteroatoms. The molecule has 0 aliphatic carbocycles. The quantitative estimate of drug-likeness (QED) is 0.674. The molecule has 0 radical (unpaired) electrons. The summed E-state index contributed by atoms with van der Waals surface area (Å²) in [5.41, 5.74) is 0. The Labute approximate surface area is 83.9 Å². The first kappa shape index (κ1) is 11.0. The average molecular weight is 199 g/mol. The Kier molecular flexibility index (Phi) is 3.49. The zero-order chi connectivity index (χ0) is 10.7. The summed E-state index contributed by atoms with van der Waals surface area (Å²) in [6.45, 7) is 5.68. The summed E-state index contributed by atoms with van der Waals surface area (Å²) in [4.78, 5) is 23.4. The van der Waals surface area contributed by atoms with E-state index in [1.807, 2.05) is 0 Å². The maximum absolute atomic E-state index is 11.4. The van der Waals surface area contributed by atoms with Crippen molar-refractivity contribution >= 4 is 11.9 Å². The van der Waals surface area contributed by atoms with Gasteiger partial charge in [-0.3, -0.25) is 9.59 Å². The molecule has 2 atom stereocenters. The number of carboxylic acids is 1. The molecule has 1 fully saturated rings. The number of carbonyl (C=O) groups excluding carboxylic acids is 1. The molecule has 0 saturated carbocycles. The van der Waals surface area contributed by atoms with Gasteiger partial charge in [-0.1, -0.05) is 13.8 Å². The topological polar surface area (TPSA) is 57.6 Å². The van der Waals surface area contributed by atoms with Gasteiger partial charge in [0, 0.05) is 13.1 Å². The number of amides is 1. The van der Waals surface area contributed by atoms with Crippen molar-refractivity contribution in [1.82, 2.24) is 4.90 Å². The first-order valence-corrected chi connectivity index (χ1v) is 5.00. The Hall–Kier alpha value is -1.06. The van der Waals surface area contributed by atoms with E-state index in [1.165, 1.54) is 0 Å². The number of carboxylic acid groups (broad SMARTS) is 1. The van der Waals surface area contributed by atoms with Crippen LogP contribution < -0.4 is 0 Å². The molecular weight excluding hydrogens is 182 g/mol. The van der Waals surface area contributed by atoms with E-state index in [0.717, 1.165) is 6.42 Å². The molecule has 1 heterocycles. The van der Waals surface area contributed by atoms with Crippen LogP contribution in [-0.4, -0.2) is 35.0 Å². The van der Waals surface area contributed by atoms with Gasteiger partial charge in [-0.2, -0.15) is 0 Å². The Balaban J connectivity index is 2.46. The second-order valence-corrected chi connectivity index (χ2v) is 4.15. The lowest BCUT2D eigenvalue weighted by atomic mass is 9.88. The maximum Gasteiger partial charge on any atom is 0.312 e. The molecule has 2 unspecified atom stereocenters. The first-order chi connectivity index (χ1) is 6.50. The molecule has 0 aromatic rings. The zero-order valence-corrected chi connectivity index (χ0v) is 8.69. The van der Waals surface area contributed by atoms with Gasteiger partial charge in [-0.05, 0) is 18.3 Å². The van der Waals surface area contributed by atoms with Crippen molar-refractivity contribution in [3.63, 3.8) is 0 Å². The van der Waals surface area contributed by atoms with Crippen LogP contribution in [0.15, 0.2) is 0 Å². The number of hydrogen-bond acceptors (Lipinski definition) is 2. The van der Waals surface area contributed by atoms with Gasteiger partial charge in [0.05, 0.1) is 0 Å². The van der Waals surface area contributed by atoms with Crippen molar-refractivity contribution in [2.45, 2.75) is 26.7 Å². The zero-order valence-electron chi connectivity index (χ0n) is 8.69. The second kappa shape index (κ2) is 4.44. The lowest BCUT2D eigenvalue weighted by molar-refractivity contribution is -0.145. The third-order valence-electron chi connectivity index (χ3n) is 2.99. The fourth-order valence-corrected chi connectivity index (χ4v) is 1.73. The highest BCUT2D eigenvalue weighted by atomic mass is 16.4. The molecular formula is C10H17NO3. The van der Waals surface area contributed by atoms with E-state index >= 15 is 0 Å². The summed E-state index contributed by atoms with van der Waals surface area (Å²) in [6.07, 6.45) is 0.605. The fraction of sp³-hybridized carbons (Fsp3) is 0.800. The van der Waals surface area contributed by atoms with Crippen molar-refractivity contribution in [3.05, 3.63) is 0 Å². The van der Waals surface area contributed by atoms with Crippen LogP contribution in [0, 0.1) is 11.8 Å². The van der Waals surface area contributed by atoms with E-state index in [9.17, 15) is 9.59 Å². The summed E-state index contributed by atoms with van der Waals surface area (Å²) in [5, 5.41) is 8.48. The van der Waals surface area contributed by atoms with Crippen molar-refractivity contribution in [2.24, 2.45) is 11.8 Å². The monoisotopic (exact) mass is 199 g/mol. The maximum atomic E-state index is 11.4. The molecule has 1 saturated heterocycles. The number of aliphatic carboxylic acids is 1. The summed E-state index contributed by atoms with van der Waals surface area (Å²) < 4.78 is 0. The van der Waals surface area contributed by atoms with Crippen LogP contribution in [0.2, 0.25) is 0 Å². The fourth-order valence-electron chi connectivity index (χ4n) is 1.73. The van der Waals surface area contributed by atoms with Crippen LogP contribution in [-0.2, 0) is 9.59 Å².